The van der Waals surface area contributed by atoms with Crippen molar-refractivity contribution >= 4 is 28.7 Å². The lowest BCUT2D eigenvalue weighted by Crippen LogP contribution is -2.43. The minimum atomic E-state index is -1.49. The molecule has 0 spiro atoms. The molecule has 1 aliphatic rings. The van der Waals surface area contributed by atoms with E-state index in [1.165, 1.54) is 41.2 Å². The number of anilines is 1. The molecule has 3 aromatic rings. The fourth-order valence-corrected chi connectivity index (χ4v) is 4.37. The molecule has 8 nitrogen and oxygen atoms in total. The molecule has 1 saturated heterocycles. The van der Waals surface area contributed by atoms with Crippen LogP contribution in [0.3, 0.4) is 0 Å². The zero-order valence-electron chi connectivity index (χ0n) is 19.5. The van der Waals surface area contributed by atoms with Crippen molar-refractivity contribution in [3.63, 3.8) is 0 Å². The van der Waals surface area contributed by atoms with Gasteiger partial charge in [0, 0.05) is 18.7 Å². The molecule has 1 fully saturated rings. The van der Waals surface area contributed by atoms with Gasteiger partial charge < -0.3 is 14.8 Å². The second kappa shape index (κ2) is 10.6. The second-order valence-corrected chi connectivity index (χ2v) is 9.42. The highest BCUT2D eigenvalue weighted by Crippen LogP contribution is 2.35. The SMILES string of the molecule is CCN(C)SNc1ccc(F)c(Oc2ccc3ncn(CC4(F)CCNCC4)c(=O)c3c2)c1C#N. The van der Waals surface area contributed by atoms with Crippen LogP contribution >= 0.6 is 12.1 Å². The van der Waals surface area contributed by atoms with Gasteiger partial charge in [0.25, 0.3) is 5.56 Å². The number of nitrogens with zero attached hydrogens (tertiary/aromatic N) is 4. The van der Waals surface area contributed by atoms with Crippen LogP contribution in [0.4, 0.5) is 14.5 Å². The largest absolute Gasteiger partial charge is 0.453 e. The molecule has 2 heterocycles. The Morgan fingerprint density at radius 3 is 2.83 bits per heavy atom. The minimum Gasteiger partial charge on any atom is -0.453 e. The number of nitrogens with one attached hydrogen (secondary N) is 2. The van der Waals surface area contributed by atoms with E-state index < -0.39 is 17.0 Å². The van der Waals surface area contributed by atoms with E-state index in [4.69, 9.17) is 4.74 Å². The molecule has 184 valence electrons. The Morgan fingerprint density at radius 1 is 1.34 bits per heavy atom. The third-order valence-corrected chi connectivity index (χ3v) is 6.83. The quantitative estimate of drug-likeness (QED) is 0.444. The van der Waals surface area contributed by atoms with Crippen molar-refractivity contribution in [2.24, 2.45) is 0 Å². The van der Waals surface area contributed by atoms with Crippen molar-refractivity contribution in [3.8, 4) is 17.6 Å². The summed E-state index contributed by atoms with van der Waals surface area (Å²) in [6.45, 7) is 3.75. The van der Waals surface area contributed by atoms with Gasteiger partial charge in [0.1, 0.15) is 23.1 Å². The molecule has 1 aromatic heterocycles. The molecule has 0 atom stereocenters. The van der Waals surface area contributed by atoms with Gasteiger partial charge in [-0.15, -0.1) is 0 Å². The number of aromatic nitrogens is 2. The first-order valence-electron chi connectivity index (χ1n) is 11.3. The molecule has 2 N–H and O–H groups in total. The number of rotatable bonds is 8. The standard InChI is InChI=1S/C24H26F2N6O2S/c1-3-31(2)35-30-21-7-5-19(25)22(18(21)13-27)34-16-4-6-20-17(12-16)23(33)32(15-29-20)14-24(26)8-10-28-11-9-24/h4-7,12,15,28,30H,3,8-11,14H2,1-2H3. The van der Waals surface area contributed by atoms with Gasteiger partial charge >= 0.3 is 0 Å². The maximum Gasteiger partial charge on any atom is 0.261 e. The number of halogens is 2. The predicted octanol–water partition coefficient (Wildman–Crippen LogP) is 4.22. The van der Waals surface area contributed by atoms with E-state index in [1.807, 2.05) is 24.3 Å². The lowest BCUT2D eigenvalue weighted by Gasteiger charge is -2.30. The fourth-order valence-electron chi connectivity index (χ4n) is 3.81. The van der Waals surface area contributed by atoms with Crippen molar-refractivity contribution < 1.29 is 13.5 Å². The summed E-state index contributed by atoms with van der Waals surface area (Å²) in [5, 5.41) is 13.0. The fraction of sp³-hybridized carbons (Fsp3) is 0.375. The number of nitriles is 1. The number of hydrogen-bond acceptors (Lipinski definition) is 8. The molecular formula is C24H26F2N6O2S. The smallest absolute Gasteiger partial charge is 0.261 e. The van der Waals surface area contributed by atoms with E-state index in [9.17, 15) is 14.4 Å². The molecule has 11 heteroatoms. The van der Waals surface area contributed by atoms with Crippen LogP contribution in [0.15, 0.2) is 41.5 Å². The van der Waals surface area contributed by atoms with Gasteiger partial charge in [0.2, 0.25) is 0 Å². The van der Waals surface area contributed by atoms with Crippen molar-refractivity contribution in [3.05, 3.63) is 58.4 Å². The summed E-state index contributed by atoms with van der Waals surface area (Å²) in [5.74, 6) is -0.801. The summed E-state index contributed by atoms with van der Waals surface area (Å²) >= 11 is 1.27. The molecule has 4 rings (SSSR count). The van der Waals surface area contributed by atoms with Crippen molar-refractivity contribution in [2.45, 2.75) is 32.0 Å². The average Bonchev–Trinajstić information content (AvgIpc) is 2.86. The van der Waals surface area contributed by atoms with Crippen molar-refractivity contribution in [2.75, 3.05) is 31.4 Å². The third-order valence-electron chi connectivity index (χ3n) is 5.95. The summed E-state index contributed by atoms with van der Waals surface area (Å²) in [4.78, 5) is 17.4. The second-order valence-electron chi connectivity index (χ2n) is 8.41. The minimum absolute atomic E-state index is 0.00373. The van der Waals surface area contributed by atoms with Crippen LogP contribution in [-0.4, -0.2) is 46.2 Å². The highest BCUT2D eigenvalue weighted by molar-refractivity contribution is 7.98. The zero-order chi connectivity index (χ0) is 25.0. The van der Waals surface area contributed by atoms with Crippen molar-refractivity contribution in [1.29, 1.82) is 5.26 Å². The number of fused-ring (bicyclic) bond motifs is 1. The first kappa shape index (κ1) is 24.9. The monoisotopic (exact) mass is 500 g/mol. The Labute approximate surface area is 206 Å². The summed E-state index contributed by atoms with van der Waals surface area (Å²) in [5.41, 5.74) is -1.09. The van der Waals surface area contributed by atoms with Crippen LogP contribution in [0.25, 0.3) is 10.9 Å². The normalized spacial score (nSPS) is 15.2. The number of ether oxygens (including phenoxy) is 1. The number of piperidine rings is 1. The maximum absolute atomic E-state index is 15.2. The lowest BCUT2D eigenvalue weighted by atomic mass is 9.94. The highest BCUT2D eigenvalue weighted by atomic mass is 32.2. The van der Waals surface area contributed by atoms with Gasteiger partial charge in [-0.2, -0.15) is 5.26 Å². The van der Waals surface area contributed by atoms with Crippen LogP contribution in [0, 0.1) is 17.1 Å². The molecular weight excluding hydrogens is 474 g/mol. The molecule has 0 unspecified atom stereocenters. The van der Waals surface area contributed by atoms with Gasteiger partial charge in [-0.1, -0.05) is 6.92 Å². The Morgan fingerprint density at radius 2 is 2.11 bits per heavy atom. The van der Waals surface area contributed by atoms with Crippen LogP contribution in [0.1, 0.15) is 25.3 Å². The van der Waals surface area contributed by atoms with Crippen LogP contribution in [0.5, 0.6) is 11.5 Å². The van der Waals surface area contributed by atoms with E-state index >= 15 is 4.39 Å². The highest BCUT2D eigenvalue weighted by Gasteiger charge is 2.32. The molecule has 0 saturated carbocycles. The summed E-state index contributed by atoms with van der Waals surface area (Å²) in [6, 6.07) is 9.22. The Kier molecular flexibility index (Phi) is 7.54. The Bertz CT molecular complexity index is 1320. The maximum atomic E-state index is 15.2. The average molecular weight is 501 g/mol. The van der Waals surface area contributed by atoms with E-state index in [2.05, 4.69) is 15.0 Å². The van der Waals surface area contributed by atoms with E-state index in [1.54, 1.807) is 12.1 Å². The third kappa shape index (κ3) is 5.56. The Hall–Kier alpha value is -3.20. The van der Waals surface area contributed by atoms with Gasteiger partial charge in [0.15, 0.2) is 11.6 Å². The Balaban J connectivity index is 1.65. The first-order valence-corrected chi connectivity index (χ1v) is 12.0. The van der Waals surface area contributed by atoms with Crippen LogP contribution in [-0.2, 0) is 6.54 Å². The molecule has 0 aliphatic carbocycles. The van der Waals surface area contributed by atoms with E-state index in [0.717, 1.165) is 6.54 Å². The summed E-state index contributed by atoms with van der Waals surface area (Å²) in [7, 11) is 1.87. The lowest BCUT2D eigenvalue weighted by molar-refractivity contribution is 0.0925. The topological polar surface area (TPSA) is 95.2 Å². The molecule has 0 bridgehead atoms. The summed E-state index contributed by atoms with van der Waals surface area (Å²) < 4.78 is 41.8. The summed E-state index contributed by atoms with van der Waals surface area (Å²) in [6.07, 6.45) is 1.98. The number of benzene rings is 2. The van der Waals surface area contributed by atoms with Crippen LogP contribution < -0.4 is 20.3 Å². The molecule has 0 radical (unpaired) electrons. The molecule has 2 aromatic carbocycles. The van der Waals surface area contributed by atoms with E-state index in [-0.39, 0.29) is 29.0 Å². The molecule has 0 amide bonds. The van der Waals surface area contributed by atoms with Gasteiger partial charge in [-0.25, -0.2) is 18.1 Å². The van der Waals surface area contributed by atoms with Crippen molar-refractivity contribution in [1.82, 2.24) is 19.2 Å². The van der Waals surface area contributed by atoms with Gasteiger partial charge in [-0.3, -0.25) is 9.36 Å². The van der Waals surface area contributed by atoms with Gasteiger partial charge in [-0.05, 0) is 63.3 Å². The van der Waals surface area contributed by atoms with E-state index in [0.29, 0.717) is 37.1 Å². The van der Waals surface area contributed by atoms with Crippen LogP contribution in [0.2, 0.25) is 0 Å². The predicted molar refractivity (Wildman–Crippen MR) is 133 cm³/mol. The molecule has 1 aliphatic heterocycles. The molecule has 35 heavy (non-hydrogen) atoms. The first-order chi connectivity index (χ1) is 16.8. The number of alkyl halides is 1. The van der Waals surface area contributed by atoms with Gasteiger partial charge in [0.05, 0.1) is 29.5 Å². The number of hydrogen-bond donors (Lipinski definition) is 2. The zero-order valence-corrected chi connectivity index (χ0v) is 20.3.